The van der Waals surface area contributed by atoms with Gasteiger partial charge >= 0.3 is 6.18 Å². The van der Waals surface area contributed by atoms with Crippen molar-refractivity contribution in [3.05, 3.63) is 59.2 Å². The molecule has 0 unspecified atom stereocenters. The molecule has 0 heterocycles. The van der Waals surface area contributed by atoms with Crippen molar-refractivity contribution < 1.29 is 13.2 Å². The molecule has 2 aromatic carbocycles. The molecule has 0 aliphatic heterocycles. The van der Waals surface area contributed by atoms with Gasteiger partial charge in [-0.15, -0.1) is 0 Å². The highest BCUT2D eigenvalue weighted by molar-refractivity contribution is 5.67. The van der Waals surface area contributed by atoms with E-state index < -0.39 is 11.7 Å². The van der Waals surface area contributed by atoms with E-state index in [2.05, 4.69) is 5.32 Å². The number of aryl methyl sites for hydroxylation is 1. The summed E-state index contributed by atoms with van der Waals surface area (Å²) in [4.78, 5) is 0. The normalized spacial score (nSPS) is 10.9. The van der Waals surface area contributed by atoms with E-state index in [1.54, 1.807) is 30.3 Å². The fraction of sp³-hybridized carbons (Fsp3) is 0.133. The van der Waals surface area contributed by atoms with Gasteiger partial charge in [0.2, 0.25) is 0 Å². The summed E-state index contributed by atoms with van der Waals surface area (Å²) in [5.41, 5.74) is 0.632. The van der Waals surface area contributed by atoms with E-state index in [1.807, 2.05) is 6.07 Å². The topological polar surface area (TPSA) is 35.8 Å². The molecule has 2 aromatic rings. The molecule has 2 rings (SSSR count). The molecule has 0 saturated carbocycles. The standard InChI is InChI=1S/C15H11F3N2/c1-10-6-7-12(8-13(10)15(16,17)18)20-14-5-3-2-4-11(14)9-19/h2-8,20H,1H3. The number of nitrogens with one attached hydrogen (secondary N) is 1. The highest BCUT2D eigenvalue weighted by atomic mass is 19.4. The zero-order chi connectivity index (χ0) is 14.8. The Morgan fingerprint density at radius 2 is 1.80 bits per heavy atom. The van der Waals surface area contributed by atoms with E-state index in [9.17, 15) is 13.2 Å². The zero-order valence-electron chi connectivity index (χ0n) is 10.6. The van der Waals surface area contributed by atoms with E-state index in [-0.39, 0.29) is 5.56 Å². The van der Waals surface area contributed by atoms with Gasteiger partial charge in [0.15, 0.2) is 0 Å². The monoisotopic (exact) mass is 276 g/mol. The van der Waals surface area contributed by atoms with E-state index in [0.29, 0.717) is 16.9 Å². The van der Waals surface area contributed by atoms with E-state index in [1.165, 1.54) is 13.0 Å². The molecular weight excluding hydrogens is 265 g/mol. The predicted molar refractivity (Wildman–Crippen MR) is 70.6 cm³/mol. The molecule has 0 fully saturated rings. The van der Waals surface area contributed by atoms with E-state index in [4.69, 9.17) is 5.26 Å². The first-order chi connectivity index (χ1) is 9.41. The lowest BCUT2D eigenvalue weighted by Crippen LogP contribution is -2.08. The average molecular weight is 276 g/mol. The second-order valence-electron chi connectivity index (χ2n) is 4.31. The molecule has 0 radical (unpaired) electrons. The largest absolute Gasteiger partial charge is 0.416 e. The number of para-hydroxylation sites is 1. The highest BCUT2D eigenvalue weighted by Gasteiger charge is 2.32. The van der Waals surface area contributed by atoms with Gasteiger partial charge in [0.05, 0.1) is 16.8 Å². The molecule has 20 heavy (non-hydrogen) atoms. The number of hydrogen-bond donors (Lipinski definition) is 1. The zero-order valence-corrected chi connectivity index (χ0v) is 10.6. The van der Waals surface area contributed by atoms with Gasteiger partial charge in [-0.05, 0) is 36.8 Å². The molecular formula is C15H11F3N2. The van der Waals surface area contributed by atoms with Crippen molar-refractivity contribution in [2.45, 2.75) is 13.1 Å². The number of anilines is 2. The number of alkyl halides is 3. The van der Waals surface area contributed by atoms with Crippen LogP contribution < -0.4 is 5.32 Å². The van der Waals surface area contributed by atoms with E-state index >= 15 is 0 Å². The quantitative estimate of drug-likeness (QED) is 0.868. The molecule has 0 spiro atoms. The van der Waals surface area contributed by atoms with Gasteiger partial charge in [0.25, 0.3) is 0 Å². The molecule has 0 amide bonds. The minimum atomic E-state index is -4.39. The van der Waals surface area contributed by atoms with Crippen LogP contribution in [-0.2, 0) is 6.18 Å². The third-order valence-electron chi connectivity index (χ3n) is 2.87. The van der Waals surface area contributed by atoms with Crippen molar-refractivity contribution in [1.82, 2.24) is 0 Å². The van der Waals surface area contributed by atoms with Crippen LogP contribution >= 0.6 is 0 Å². The van der Waals surface area contributed by atoms with Crippen molar-refractivity contribution in [1.29, 1.82) is 5.26 Å². The van der Waals surface area contributed by atoms with Crippen molar-refractivity contribution >= 4 is 11.4 Å². The number of halogens is 3. The molecule has 0 aliphatic rings. The van der Waals surface area contributed by atoms with Crippen LogP contribution in [0.5, 0.6) is 0 Å². The molecule has 102 valence electrons. The number of nitriles is 1. The second kappa shape index (κ2) is 5.25. The fourth-order valence-corrected chi connectivity index (χ4v) is 1.85. The molecule has 0 bridgehead atoms. The molecule has 0 atom stereocenters. The third-order valence-corrected chi connectivity index (χ3v) is 2.87. The first-order valence-electron chi connectivity index (χ1n) is 5.86. The lowest BCUT2D eigenvalue weighted by Gasteiger charge is -2.14. The summed E-state index contributed by atoms with van der Waals surface area (Å²) in [6.07, 6.45) is -4.39. The van der Waals surface area contributed by atoms with Crippen LogP contribution in [-0.4, -0.2) is 0 Å². The fourth-order valence-electron chi connectivity index (χ4n) is 1.85. The summed E-state index contributed by atoms with van der Waals surface area (Å²) in [5, 5.41) is 11.8. The van der Waals surface area contributed by atoms with Gasteiger partial charge in [-0.25, -0.2) is 0 Å². The Morgan fingerprint density at radius 1 is 1.10 bits per heavy atom. The predicted octanol–water partition coefficient (Wildman–Crippen LogP) is 4.63. The number of hydrogen-bond acceptors (Lipinski definition) is 2. The van der Waals surface area contributed by atoms with Gasteiger partial charge in [0.1, 0.15) is 6.07 Å². The SMILES string of the molecule is Cc1ccc(Nc2ccccc2C#N)cc1C(F)(F)F. The second-order valence-corrected chi connectivity index (χ2v) is 4.31. The summed E-state index contributed by atoms with van der Waals surface area (Å²) >= 11 is 0. The molecule has 5 heteroatoms. The van der Waals surface area contributed by atoms with Crippen molar-refractivity contribution in [3.8, 4) is 6.07 Å². The Hall–Kier alpha value is -2.48. The smallest absolute Gasteiger partial charge is 0.354 e. The Labute approximate surface area is 114 Å². The summed E-state index contributed by atoms with van der Waals surface area (Å²) in [6, 6.07) is 12.6. The van der Waals surface area contributed by atoms with Crippen LogP contribution in [0.1, 0.15) is 16.7 Å². The Kier molecular flexibility index (Phi) is 3.66. The first-order valence-corrected chi connectivity index (χ1v) is 5.86. The van der Waals surface area contributed by atoms with E-state index in [0.717, 1.165) is 6.07 Å². The van der Waals surface area contributed by atoms with Crippen LogP contribution in [0.3, 0.4) is 0 Å². The third kappa shape index (κ3) is 2.91. The van der Waals surface area contributed by atoms with Crippen LogP contribution in [0.15, 0.2) is 42.5 Å². The maximum Gasteiger partial charge on any atom is 0.416 e. The van der Waals surface area contributed by atoms with Crippen LogP contribution in [0.4, 0.5) is 24.5 Å². The number of nitrogens with zero attached hydrogens (tertiary/aromatic N) is 1. The highest BCUT2D eigenvalue weighted by Crippen LogP contribution is 2.34. The van der Waals surface area contributed by atoms with Gasteiger partial charge < -0.3 is 5.32 Å². The van der Waals surface area contributed by atoms with Gasteiger partial charge in [-0.2, -0.15) is 18.4 Å². The van der Waals surface area contributed by atoms with Gasteiger partial charge in [-0.1, -0.05) is 18.2 Å². The minimum Gasteiger partial charge on any atom is -0.354 e. The maximum absolute atomic E-state index is 12.8. The van der Waals surface area contributed by atoms with Crippen molar-refractivity contribution in [2.75, 3.05) is 5.32 Å². The minimum absolute atomic E-state index is 0.164. The number of benzene rings is 2. The lowest BCUT2D eigenvalue weighted by molar-refractivity contribution is -0.138. The molecule has 0 aliphatic carbocycles. The van der Waals surface area contributed by atoms with Crippen LogP contribution in [0.25, 0.3) is 0 Å². The molecule has 1 N–H and O–H groups in total. The molecule has 0 aromatic heterocycles. The lowest BCUT2D eigenvalue weighted by atomic mass is 10.1. The van der Waals surface area contributed by atoms with Gasteiger partial charge in [-0.3, -0.25) is 0 Å². The van der Waals surface area contributed by atoms with Crippen LogP contribution in [0.2, 0.25) is 0 Å². The Balaban J connectivity index is 2.38. The summed E-state index contributed by atoms with van der Waals surface area (Å²) in [6.45, 7) is 1.41. The first kappa shape index (κ1) is 13.9. The average Bonchev–Trinajstić information content (AvgIpc) is 2.40. The number of rotatable bonds is 2. The van der Waals surface area contributed by atoms with Crippen LogP contribution in [0, 0.1) is 18.3 Å². The molecule has 2 nitrogen and oxygen atoms in total. The van der Waals surface area contributed by atoms with Crippen molar-refractivity contribution in [3.63, 3.8) is 0 Å². The summed E-state index contributed by atoms with van der Waals surface area (Å²) in [7, 11) is 0. The maximum atomic E-state index is 12.8. The van der Waals surface area contributed by atoms with Gasteiger partial charge in [0, 0.05) is 5.69 Å². The Bertz CT molecular complexity index is 670. The summed E-state index contributed by atoms with van der Waals surface area (Å²) in [5.74, 6) is 0. The Morgan fingerprint density at radius 3 is 2.45 bits per heavy atom. The van der Waals surface area contributed by atoms with Crippen molar-refractivity contribution in [2.24, 2.45) is 0 Å². The molecule has 0 saturated heterocycles. The summed E-state index contributed by atoms with van der Waals surface area (Å²) < 4.78 is 38.5.